The lowest BCUT2D eigenvalue weighted by Gasteiger charge is -2.28. The summed E-state index contributed by atoms with van der Waals surface area (Å²) in [5, 5.41) is 8.20. The van der Waals surface area contributed by atoms with E-state index in [-0.39, 0.29) is 0 Å². The Bertz CT molecular complexity index is 854. The Balaban J connectivity index is 1.62. The Morgan fingerprint density at radius 1 is 1.00 bits per heavy atom. The molecule has 0 saturated heterocycles. The average Bonchev–Trinajstić information content (AvgIpc) is 3.22. The van der Waals surface area contributed by atoms with Crippen LogP contribution in [0.4, 0.5) is 0 Å². The first-order valence-corrected chi connectivity index (χ1v) is 8.85. The molecule has 1 unspecified atom stereocenters. The molecule has 0 saturated carbocycles. The van der Waals surface area contributed by atoms with Crippen LogP contribution >= 0.6 is 0 Å². The van der Waals surface area contributed by atoms with Crippen molar-refractivity contribution in [1.82, 2.24) is 15.1 Å². The first-order chi connectivity index (χ1) is 12.2. The van der Waals surface area contributed by atoms with Gasteiger partial charge in [-0.3, -0.25) is 4.90 Å². The second-order valence-electron chi connectivity index (χ2n) is 6.86. The van der Waals surface area contributed by atoms with Gasteiger partial charge in [0.15, 0.2) is 0 Å². The van der Waals surface area contributed by atoms with E-state index in [2.05, 4.69) is 70.6 Å². The van der Waals surface area contributed by atoms with Crippen LogP contribution < -0.4 is 0 Å². The van der Waals surface area contributed by atoms with Gasteiger partial charge >= 0.3 is 0 Å². The molecule has 1 heterocycles. The standard InChI is InChI=1S/C21H23N3O/c1-15-7-9-17(10-8-15)13-24(14-21-23-22-16(2)25-21)20-12-11-18-5-3-4-6-19(18)20/h3-10,20H,11-14H2,1-2H3. The number of aromatic nitrogens is 2. The fourth-order valence-electron chi connectivity index (χ4n) is 3.69. The zero-order valence-electron chi connectivity index (χ0n) is 14.8. The molecule has 128 valence electrons. The minimum Gasteiger partial charge on any atom is -0.424 e. The highest BCUT2D eigenvalue weighted by Crippen LogP contribution is 2.37. The van der Waals surface area contributed by atoms with E-state index in [1.165, 1.54) is 22.3 Å². The van der Waals surface area contributed by atoms with Crippen LogP contribution in [0.3, 0.4) is 0 Å². The summed E-state index contributed by atoms with van der Waals surface area (Å²) in [6, 6.07) is 17.9. The van der Waals surface area contributed by atoms with Crippen LogP contribution in [0.5, 0.6) is 0 Å². The maximum atomic E-state index is 5.65. The van der Waals surface area contributed by atoms with Crippen LogP contribution in [-0.2, 0) is 19.5 Å². The van der Waals surface area contributed by atoms with E-state index in [0.717, 1.165) is 19.4 Å². The first kappa shape index (κ1) is 16.0. The summed E-state index contributed by atoms with van der Waals surface area (Å²) in [5.74, 6) is 1.31. The molecule has 1 aromatic heterocycles. The molecule has 0 aliphatic heterocycles. The summed E-state index contributed by atoms with van der Waals surface area (Å²) in [6.45, 7) is 5.51. The summed E-state index contributed by atoms with van der Waals surface area (Å²) in [7, 11) is 0. The Morgan fingerprint density at radius 2 is 1.80 bits per heavy atom. The number of rotatable bonds is 5. The third-order valence-electron chi connectivity index (χ3n) is 4.95. The summed E-state index contributed by atoms with van der Waals surface area (Å²) in [5.41, 5.74) is 5.49. The smallest absolute Gasteiger partial charge is 0.230 e. The Kier molecular flexibility index (Phi) is 4.36. The number of aryl methyl sites for hydroxylation is 3. The summed E-state index contributed by atoms with van der Waals surface area (Å²) in [4.78, 5) is 2.46. The van der Waals surface area contributed by atoms with Gasteiger partial charge in [0, 0.05) is 19.5 Å². The quantitative estimate of drug-likeness (QED) is 0.695. The van der Waals surface area contributed by atoms with Gasteiger partial charge in [0.1, 0.15) is 0 Å². The molecular weight excluding hydrogens is 310 g/mol. The molecule has 4 rings (SSSR count). The van der Waals surface area contributed by atoms with Crippen molar-refractivity contribution in [2.45, 2.75) is 45.8 Å². The summed E-state index contributed by atoms with van der Waals surface area (Å²) < 4.78 is 5.65. The molecule has 0 spiro atoms. The van der Waals surface area contributed by atoms with E-state index in [0.29, 0.717) is 24.4 Å². The number of fused-ring (bicyclic) bond motifs is 1. The van der Waals surface area contributed by atoms with E-state index in [1.54, 1.807) is 0 Å². The van der Waals surface area contributed by atoms with Crippen molar-refractivity contribution in [2.24, 2.45) is 0 Å². The predicted octanol–water partition coefficient (Wildman–Crippen LogP) is 4.38. The monoisotopic (exact) mass is 333 g/mol. The van der Waals surface area contributed by atoms with Gasteiger partial charge in [0.05, 0.1) is 6.54 Å². The molecule has 2 aromatic carbocycles. The molecule has 0 fully saturated rings. The second kappa shape index (κ2) is 6.81. The van der Waals surface area contributed by atoms with Crippen molar-refractivity contribution in [2.75, 3.05) is 0 Å². The van der Waals surface area contributed by atoms with E-state index in [4.69, 9.17) is 4.42 Å². The molecule has 1 atom stereocenters. The van der Waals surface area contributed by atoms with Gasteiger partial charge in [-0.15, -0.1) is 10.2 Å². The van der Waals surface area contributed by atoms with Crippen LogP contribution in [0.1, 0.15) is 46.5 Å². The highest BCUT2D eigenvalue weighted by atomic mass is 16.4. The lowest BCUT2D eigenvalue weighted by atomic mass is 10.1. The van der Waals surface area contributed by atoms with Gasteiger partial charge in [-0.25, -0.2) is 0 Å². The molecule has 1 aliphatic carbocycles. The molecule has 0 amide bonds. The van der Waals surface area contributed by atoms with Crippen LogP contribution in [0.2, 0.25) is 0 Å². The Morgan fingerprint density at radius 3 is 2.56 bits per heavy atom. The lowest BCUT2D eigenvalue weighted by molar-refractivity contribution is 0.160. The lowest BCUT2D eigenvalue weighted by Crippen LogP contribution is -2.27. The van der Waals surface area contributed by atoms with Crippen molar-refractivity contribution >= 4 is 0 Å². The molecule has 4 nitrogen and oxygen atoms in total. The van der Waals surface area contributed by atoms with Crippen molar-refractivity contribution in [3.8, 4) is 0 Å². The van der Waals surface area contributed by atoms with Crippen LogP contribution in [0.15, 0.2) is 52.9 Å². The van der Waals surface area contributed by atoms with Crippen molar-refractivity contribution in [3.05, 3.63) is 82.6 Å². The van der Waals surface area contributed by atoms with Crippen LogP contribution in [-0.4, -0.2) is 15.1 Å². The number of nitrogens with zero attached hydrogens (tertiary/aromatic N) is 3. The molecular formula is C21H23N3O. The fraction of sp³-hybridized carbons (Fsp3) is 0.333. The third-order valence-corrected chi connectivity index (χ3v) is 4.95. The minimum absolute atomic E-state index is 0.393. The molecule has 4 heteroatoms. The number of hydrogen-bond acceptors (Lipinski definition) is 4. The van der Waals surface area contributed by atoms with E-state index >= 15 is 0 Å². The second-order valence-corrected chi connectivity index (χ2v) is 6.86. The van der Waals surface area contributed by atoms with Gasteiger partial charge in [-0.2, -0.15) is 0 Å². The highest BCUT2D eigenvalue weighted by molar-refractivity contribution is 5.34. The highest BCUT2D eigenvalue weighted by Gasteiger charge is 2.28. The topological polar surface area (TPSA) is 42.2 Å². The summed E-state index contributed by atoms with van der Waals surface area (Å²) in [6.07, 6.45) is 2.27. The molecule has 3 aromatic rings. The van der Waals surface area contributed by atoms with Gasteiger partial charge < -0.3 is 4.42 Å². The summed E-state index contributed by atoms with van der Waals surface area (Å²) >= 11 is 0. The molecule has 0 radical (unpaired) electrons. The largest absolute Gasteiger partial charge is 0.424 e. The van der Waals surface area contributed by atoms with E-state index < -0.39 is 0 Å². The SMILES string of the molecule is Cc1ccc(CN(Cc2nnc(C)o2)C2CCc3ccccc32)cc1. The normalized spacial score (nSPS) is 16.4. The van der Waals surface area contributed by atoms with E-state index in [1.807, 2.05) is 6.92 Å². The maximum Gasteiger partial charge on any atom is 0.230 e. The fourth-order valence-corrected chi connectivity index (χ4v) is 3.69. The maximum absolute atomic E-state index is 5.65. The number of hydrogen-bond donors (Lipinski definition) is 0. The van der Waals surface area contributed by atoms with Gasteiger partial charge in [0.25, 0.3) is 0 Å². The third kappa shape index (κ3) is 3.49. The molecule has 25 heavy (non-hydrogen) atoms. The zero-order chi connectivity index (χ0) is 17.2. The van der Waals surface area contributed by atoms with Gasteiger partial charge in [-0.1, -0.05) is 54.1 Å². The predicted molar refractivity (Wildman–Crippen MR) is 97.0 cm³/mol. The van der Waals surface area contributed by atoms with Gasteiger partial charge in [-0.05, 0) is 36.5 Å². The van der Waals surface area contributed by atoms with E-state index in [9.17, 15) is 0 Å². The van der Waals surface area contributed by atoms with Crippen molar-refractivity contribution in [1.29, 1.82) is 0 Å². The van der Waals surface area contributed by atoms with Gasteiger partial charge in [0.2, 0.25) is 11.8 Å². The van der Waals surface area contributed by atoms with Crippen molar-refractivity contribution < 1.29 is 4.42 Å². The zero-order valence-corrected chi connectivity index (χ0v) is 14.8. The molecule has 1 aliphatic rings. The molecule has 0 N–H and O–H groups in total. The van der Waals surface area contributed by atoms with Crippen LogP contribution in [0, 0.1) is 13.8 Å². The van der Waals surface area contributed by atoms with Crippen molar-refractivity contribution in [3.63, 3.8) is 0 Å². The average molecular weight is 333 g/mol. The number of benzene rings is 2. The van der Waals surface area contributed by atoms with Crippen LogP contribution in [0.25, 0.3) is 0 Å². The molecule has 0 bridgehead atoms. The minimum atomic E-state index is 0.393. The first-order valence-electron chi connectivity index (χ1n) is 8.85. The Hall–Kier alpha value is -2.46. The Labute approximate surface area is 148 Å².